The monoisotopic (exact) mass is 211 g/mol. The molecule has 1 rings (SSSR count). The summed E-state index contributed by atoms with van der Waals surface area (Å²) < 4.78 is 0. The van der Waals surface area contributed by atoms with E-state index >= 15 is 0 Å². The zero-order chi connectivity index (χ0) is 11.3. The van der Waals surface area contributed by atoms with E-state index in [9.17, 15) is 0 Å². The lowest BCUT2D eigenvalue weighted by Gasteiger charge is -2.36. The minimum atomic E-state index is 0.583. The van der Waals surface area contributed by atoms with Gasteiger partial charge in [-0.3, -0.25) is 0 Å². The SMILES string of the molecule is CCCNC(CC(C)C)C1(C)CCCC1. The van der Waals surface area contributed by atoms with Gasteiger partial charge in [-0.25, -0.2) is 0 Å². The summed E-state index contributed by atoms with van der Waals surface area (Å²) >= 11 is 0. The molecule has 1 aliphatic carbocycles. The zero-order valence-electron chi connectivity index (χ0n) is 11.1. The Morgan fingerprint density at radius 3 is 2.27 bits per heavy atom. The summed E-state index contributed by atoms with van der Waals surface area (Å²) in [7, 11) is 0. The highest BCUT2D eigenvalue weighted by Gasteiger charge is 2.36. The van der Waals surface area contributed by atoms with Crippen LogP contribution in [0.15, 0.2) is 0 Å². The Balaban J connectivity index is 2.53. The molecule has 15 heavy (non-hydrogen) atoms. The van der Waals surface area contributed by atoms with Crippen LogP contribution in [-0.4, -0.2) is 12.6 Å². The summed E-state index contributed by atoms with van der Waals surface area (Å²) in [6, 6.07) is 0.750. The van der Waals surface area contributed by atoms with Gasteiger partial charge in [0.2, 0.25) is 0 Å². The lowest BCUT2D eigenvalue weighted by Crippen LogP contribution is -2.43. The van der Waals surface area contributed by atoms with Crippen molar-refractivity contribution in [2.24, 2.45) is 11.3 Å². The van der Waals surface area contributed by atoms with Crippen LogP contribution in [0, 0.1) is 11.3 Å². The number of rotatable bonds is 6. The fourth-order valence-corrected chi connectivity index (χ4v) is 2.94. The van der Waals surface area contributed by atoms with Gasteiger partial charge in [-0.05, 0) is 43.6 Å². The predicted molar refractivity (Wildman–Crippen MR) is 68.1 cm³/mol. The van der Waals surface area contributed by atoms with E-state index in [1.807, 2.05) is 0 Å². The summed E-state index contributed by atoms with van der Waals surface area (Å²) in [6.07, 6.45) is 8.35. The maximum absolute atomic E-state index is 3.78. The topological polar surface area (TPSA) is 12.0 Å². The van der Waals surface area contributed by atoms with Crippen molar-refractivity contribution in [1.82, 2.24) is 5.32 Å². The van der Waals surface area contributed by atoms with Crippen LogP contribution in [0.2, 0.25) is 0 Å². The van der Waals surface area contributed by atoms with E-state index in [2.05, 4.69) is 33.0 Å². The van der Waals surface area contributed by atoms with Gasteiger partial charge in [-0.15, -0.1) is 0 Å². The van der Waals surface area contributed by atoms with Gasteiger partial charge in [0.15, 0.2) is 0 Å². The van der Waals surface area contributed by atoms with Gasteiger partial charge >= 0.3 is 0 Å². The molecule has 0 aromatic heterocycles. The molecule has 0 saturated heterocycles. The largest absolute Gasteiger partial charge is 0.313 e. The van der Waals surface area contributed by atoms with Crippen LogP contribution >= 0.6 is 0 Å². The molecule has 1 fully saturated rings. The molecule has 0 aromatic carbocycles. The molecular weight excluding hydrogens is 182 g/mol. The van der Waals surface area contributed by atoms with Crippen molar-refractivity contribution in [2.75, 3.05) is 6.54 Å². The van der Waals surface area contributed by atoms with E-state index < -0.39 is 0 Å². The highest BCUT2D eigenvalue weighted by molar-refractivity contribution is 4.91. The number of hydrogen-bond donors (Lipinski definition) is 1. The molecular formula is C14H29N. The molecule has 1 N–H and O–H groups in total. The standard InChI is InChI=1S/C14H29N/c1-5-10-15-13(11-12(2)3)14(4)8-6-7-9-14/h12-13,15H,5-11H2,1-4H3. The summed E-state index contributed by atoms with van der Waals surface area (Å²) in [5.41, 5.74) is 0.583. The number of nitrogens with one attached hydrogen (secondary N) is 1. The lowest BCUT2D eigenvalue weighted by molar-refractivity contribution is 0.194. The summed E-state index contributed by atoms with van der Waals surface area (Å²) in [4.78, 5) is 0. The van der Waals surface area contributed by atoms with Gasteiger partial charge in [-0.1, -0.05) is 40.5 Å². The third-order valence-corrected chi connectivity index (χ3v) is 3.93. The minimum Gasteiger partial charge on any atom is -0.313 e. The zero-order valence-corrected chi connectivity index (χ0v) is 11.1. The fourth-order valence-electron chi connectivity index (χ4n) is 2.94. The van der Waals surface area contributed by atoms with E-state index in [1.165, 1.54) is 45.1 Å². The second kappa shape index (κ2) is 5.89. The van der Waals surface area contributed by atoms with Crippen LogP contribution in [0.5, 0.6) is 0 Å². The average molecular weight is 211 g/mol. The Morgan fingerprint density at radius 2 is 1.80 bits per heavy atom. The van der Waals surface area contributed by atoms with E-state index in [4.69, 9.17) is 0 Å². The second-order valence-corrected chi connectivity index (χ2v) is 6.00. The molecule has 0 spiro atoms. The van der Waals surface area contributed by atoms with Crippen LogP contribution in [0.1, 0.15) is 66.2 Å². The Kier molecular flexibility index (Phi) is 5.11. The molecule has 1 atom stereocenters. The van der Waals surface area contributed by atoms with Crippen molar-refractivity contribution < 1.29 is 0 Å². The van der Waals surface area contributed by atoms with Gasteiger partial charge in [0, 0.05) is 6.04 Å². The van der Waals surface area contributed by atoms with E-state index in [1.54, 1.807) is 0 Å². The third kappa shape index (κ3) is 3.79. The van der Waals surface area contributed by atoms with Crippen molar-refractivity contribution in [2.45, 2.75) is 72.3 Å². The second-order valence-electron chi connectivity index (χ2n) is 6.00. The van der Waals surface area contributed by atoms with Crippen molar-refractivity contribution >= 4 is 0 Å². The van der Waals surface area contributed by atoms with Gasteiger partial charge in [0.05, 0.1) is 0 Å². The van der Waals surface area contributed by atoms with E-state index in [-0.39, 0.29) is 0 Å². The van der Waals surface area contributed by atoms with Gasteiger partial charge < -0.3 is 5.32 Å². The van der Waals surface area contributed by atoms with Gasteiger partial charge in [-0.2, -0.15) is 0 Å². The molecule has 1 nitrogen and oxygen atoms in total. The molecule has 0 heterocycles. The molecule has 1 saturated carbocycles. The van der Waals surface area contributed by atoms with Gasteiger partial charge in [0.1, 0.15) is 0 Å². The first-order valence-corrected chi connectivity index (χ1v) is 6.82. The molecule has 90 valence electrons. The third-order valence-electron chi connectivity index (χ3n) is 3.93. The summed E-state index contributed by atoms with van der Waals surface area (Å²) in [6.45, 7) is 10.6. The van der Waals surface area contributed by atoms with Crippen LogP contribution in [0.4, 0.5) is 0 Å². The molecule has 0 aromatic rings. The summed E-state index contributed by atoms with van der Waals surface area (Å²) in [5, 5.41) is 3.78. The lowest BCUT2D eigenvalue weighted by atomic mass is 9.77. The van der Waals surface area contributed by atoms with Crippen LogP contribution < -0.4 is 5.32 Å². The summed E-state index contributed by atoms with van der Waals surface area (Å²) in [5.74, 6) is 0.816. The maximum atomic E-state index is 3.78. The van der Waals surface area contributed by atoms with Crippen molar-refractivity contribution in [3.05, 3.63) is 0 Å². The first-order valence-electron chi connectivity index (χ1n) is 6.82. The highest BCUT2D eigenvalue weighted by atomic mass is 14.9. The first kappa shape index (κ1) is 13.0. The van der Waals surface area contributed by atoms with Crippen molar-refractivity contribution in [1.29, 1.82) is 0 Å². The number of hydrogen-bond acceptors (Lipinski definition) is 1. The van der Waals surface area contributed by atoms with Crippen LogP contribution in [0.25, 0.3) is 0 Å². The molecule has 0 bridgehead atoms. The van der Waals surface area contributed by atoms with Crippen LogP contribution in [0.3, 0.4) is 0 Å². The molecule has 1 unspecified atom stereocenters. The molecule has 1 aliphatic rings. The molecule has 1 heteroatoms. The van der Waals surface area contributed by atoms with Crippen molar-refractivity contribution in [3.8, 4) is 0 Å². The molecule has 0 amide bonds. The van der Waals surface area contributed by atoms with Crippen molar-refractivity contribution in [3.63, 3.8) is 0 Å². The Bertz CT molecular complexity index is 168. The maximum Gasteiger partial charge on any atom is 0.0123 e. The minimum absolute atomic E-state index is 0.583. The van der Waals surface area contributed by atoms with Gasteiger partial charge in [0.25, 0.3) is 0 Å². The van der Waals surface area contributed by atoms with Crippen LogP contribution in [-0.2, 0) is 0 Å². The molecule has 0 radical (unpaired) electrons. The van der Waals surface area contributed by atoms with E-state index in [0.717, 1.165) is 12.0 Å². The highest BCUT2D eigenvalue weighted by Crippen LogP contribution is 2.42. The first-order chi connectivity index (χ1) is 7.08. The Labute approximate surface area is 96.0 Å². The normalized spacial score (nSPS) is 22.2. The quantitative estimate of drug-likeness (QED) is 0.700. The Morgan fingerprint density at radius 1 is 1.20 bits per heavy atom. The van der Waals surface area contributed by atoms with E-state index in [0.29, 0.717) is 5.41 Å². The smallest absolute Gasteiger partial charge is 0.0123 e. The fraction of sp³-hybridized carbons (Fsp3) is 1.00. The Hall–Kier alpha value is -0.0400. The average Bonchev–Trinajstić information content (AvgIpc) is 2.60. The molecule has 0 aliphatic heterocycles. The predicted octanol–water partition coefficient (Wildman–Crippen LogP) is 3.98.